The van der Waals surface area contributed by atoms with Crippen LogP contribution in [0.5, 0.6) is 11.5 Å². The highest BCUT2D eigenvalue weighted by Crippen LogP contribution is 2.27. The van der Waals surface area contributed by atoms with Crippen LogP contribution in [0.15, 0.2) is 36.7 Å². The van der Waals surface area contributed by atoms with Crippen molar-refractivity contribution in [3.05, 3.63) is 42.2 Å². The first-order chi connectivity index (χ1) is 10.2. The van der Waals surface area contributed by atoms with E-state index in [0.29, 0.717) is 23.6 Å². The molecule has 0 saturated heterocycles. The minimum absolute atomic E-state index is 0.128. The van der Waals surface area contributed by atoms with Crippen LogP contribution in [0.1, 0.15) is 16.8 Å². The standard InChI is InChI=1S/C15H19N3O3/c1-20-13-6-5-12(11-14(13)21-2)15(19)16-7-3-9-18-10-4-8-17-18/h4-6,8,10-11H,3,7,9H2,1-2H3,(H,16,19). The smallest absolute Gasteiger partial charge is 0.251 e. The number of nitrogens with zero attached hydrogens (tertiary/aromatic N) is 2. The van der Waals surface area contributed by atoms with Gasteiger partial charge >= 0.3 is 0 Å². The lowest BCUT2D eigenvalue weighted by molar-refractivity contribution is 0.0952. The number of hydrogen-bond acceptors (Lipinski definition) is 4. The van der Waals surface area contributed by atoms with Gasteiger partial charge in [-0.25, -0.2) is 0 Å². The van der Waals surface area contributed by atoms with Gasteiger partial charge < -0.3 is 14.8 Å². The quantitative estimate of drug-likeness (QED) is 0.788. The fourth-order valence-corrected chi connectivity index (χ4v) is 1.96. The molecule has 1 aromatic heterocycles. The summed E-state index contributed by atoms with van der Waals surface area (Å²) in [5.74, 6) is 1.02. The molecule has 112 valence electrons. The topological polar surface area (TPSA) is 65.4 Å². The van der Waals surface area contributed by atoms with Crippen LogP contribution in [0, 0.1) is 0 Å². The molecule has 0 saturated carbocycles. The molecule has 0 fully saturated rings. The van der Waals surface area contributed by atoms with Crippen molar-refractivity contribution in [2.75, 3.05) is 20.8 Å². The van der Waals surface area contributed by atoms with Gasteiger partial charge in [-0.2, -0.15) is 5.10 Å². The Bertz CT molecular complexity index is 582. The van der Waals surface area contributed by atoms with Crippen molar-refractivity contribution in [3.8, 4) is 11.5 Å². The Balaban J connectivity index is 1.85. The molecule has 1 heterocycles. The van der Waals surface area contributed by atoms with E-state index < -0.39 is 0 Å². The number of rotatable bonds is 7. The highest BCUT2D eigenvalue weighted by atomic mass is 16.5. The van der Waals surface area contributed by atoms with Crippen LogP contribution >= 0.6 is 0 Å². The summed E-state index contributed by atoms with van der Waals surface area (Å²) < 4.78 is 12.2. The van der Waals surface area contributed by atoms with E-state index in [2.05, 4.69) is 10.4 Å². The zero-order valence-electron chi connectivity index (χ0n) is 12.2. The molecule has 0 radical (unpaired) electrons. The van der Waals surface area contributed by atoms with Crippen LogP contribution < -0.4 is 14.8 Å². The van der Waals surface area contributed by atoms with Crippen LogP contribution in [0.2, 0.25) is 0 Å². The van der Waals surface area contributed by atoms with E-state index in [1.165, 1.54) is 0 Å². The molecule has 0 spiro atoms. The van der Waals surface area contributed by atoms with E-state index in [4.69, 9.17) is 9.47 Å². The van der Waals surface area contributed by atoms with Crippen molar-refractivity contribution in [1.82, 2.24) is 15.1 Å². The van der Waals surface area contributed by atoms with Gasteiger partial charge in [0.15, 0.2) is 11.5 Å². The number of hydrogen-bond donors (Lipinski definition) is 1. The van der Waals surface area contributed by atoms with Crippen LogP contribution in [-0.4, -0.2) is 36.5 Å². The summed E-state index contributed by atoms with van der Waals surface area (Å²) in [6.07, 6.45) is 4.46. The van der Waals surface area contributed by atoms with Crippen molar-refractivity contribution in [1.29, 1.82) is 0 Å². The first-order valence-corrected chi connectivity index (χ1v) is 6.72. The monoisotopic (exact) mass is 289 g/mol. The summed E-state index contributed by atoms with van der Waals surface area (Å²) in [6, 6.07) is 6.98. The van der Waals surface area contributed by atoms with Crippen LogP contribution in [0.4, 0.5) is 0 Å². The summed E-state index contributed by atoms with van der Waals surface area (Å²) >= 11 is 0. The number of amides is 1. The average molecular weight is 289 g/mol. The molecule has 0 aliphatic rings. The molecule has 6 heteroatoms. The normalized spacial score (nSPS) is 10.2. The van der Waals surface area contributed by atoms with Crippen LogP contribution in [0.25, 0.3) is 0 Å². The minimum Gasteiger partial charge on any atom is -0.493 e. The van der Waals surface area contributed by atoms with E-state index >= 15 is 0 Å². The molecule has 0 unspecified atom stereocenters. The molecule has 2 rings (SSSR count). The van der Waals surface area contributed by atoms with Crippen molar-refractivity contribution < 1.29 is 14.3 Å². The molecule has 2 aromatic rings. The van der Waals surface area contributed by atoms with E-state index in [1.54, 1.807) is 38.6 Å². The van der Waals surface area contributed by atoms with Gasteiger partial charge in [-0.15, -0.1) is 0 Å². The van der Waals surface area contributed by atoms with Gasteiger partial charge in [0.25, 0.3) is 5.91 Å². The number of carbonyl (C=O) groups excluding carboxylic acids is 1. The molecule has 6 nitrogen and oxygen atoms in total. The number of nitrogens with one attached hydrogen (secondary N) is 1. The molecule has 0 atom stereocenters. The Labute approximate surface area is 123 Å². The number of methoxy groups -OCH3 is 2. The predicted octanol–water partition coefficient (Wildman–Crippen LogP) is 1.72. The SMILES string of the molecule is COc1ccc(C(=O)NCCCn2cccn2)cc1OC. The minimum atomic E-state index is -0.128. The largest absolute Gasteiger partial charge is 0.493 e. The van der Waals surface area contributed by atoms with Crippen molar-refractivity contribution >= 4 is 5.91 Å². The molecule has 1 N–H and O–H groups in total. The van der Waals surface area contributed by atoms with Gasteiger partial charge in [0.1, 0.15) is 0 Å². The summed E-state index contributed by atoms with van der Waals surface area (Å²) in [7, 11) is 3.11. The Morgan fingerprint density at radius 3 is 2.76 bits per heavy atom. The Hall–Kier alpha value is -2.50. The lowest BCUT2D eigenvalue weighted by Gasteiger charge is -2.10. The predicted molar refractivity (Wildman–Crippen MR) is 78.7 cm³/mol. The maximum absolute atomic E-state index is 12.0. The van der Waals surface area contributed by atoms with Crippen molar-refractivity contribution in [2.45, 2.75) is 13.0 Å². The zero-order valence-corrected chi connectivity index (χ0v) is 12.2. The molecule has 1 aromatic carbocycles. The molecule has 0 aliphatic heterocycles. The second-order valence-electron chi connectivity index (χ2n) is 4.45. The highest BCUT2D eigenvalue weighted by Gasteiger charge is 2.10. The molecule has 21 heavy (non-hydrogen) atoms. The summed E-state index contributed by atoms with van der Waals surface area (Å²) in [6.45, 7) is 1.37. The Kier molecular flexibility index (Phi) is 5.20. The third-order valence-corrected chi connectivity index (χ3v) is 3.05. The summed E-state index contributed by atoms with van der Waals surface area (Å²) in [4.78, 5) is 12.0. The van der Waals surface area contributed by atoms with E-state index in [1.807, 2.05) is 16.9 Å². The summed E-state index contributed by atoms with van der Waals surface area (Å²) in [5, 5.41) is 6.98. The van der Waals surface area contributed by atoms with Gasteiger partial charge in [-0.1, -0.05) is 0 Å². The first-order valence-electron chi connectivity index (χ1n) is 6.72. The fourth-order valence-electron chi connectivity index (χ4n) is 1.96. The molecular weight excluding hydrogens is 270 g/mol. The number of aryl methyl sites for hydroxylation is 1. The van der Waals surface area contributed by atoms with Gasteiger partial charge in [0.2, 0.25) is 0 Å². The van der Waals surface area contributed by atoms with Crippen molar-refractivity contribution in [3.63, 3.8) is 0 Å². The summed E-state index contributed by atoms with van der Waals surface area (Å²) in [5.41, 5.74) is 0.548. The van der Waals surface area contributed by atoms with Crippen LogP contribution in [0.3, 0.4) is 0 Å². The zero-order chi connectivity index (χ0) is 15.1. The lowest BCUT2D eigenvalue weighted by Crippen LogP contribution is -2.25. The third kappa shape index (κ3) is 3.98. The van der Waals surface area contributed by atoms with Gasteiger partial charge in [0, 0.05) is 31.0 Å². The maximum atomic E-state index is 12.0. The van der Waals surface area contributed by atoms with E-state index in [9.17, 15) is 4.79 Å². The second kappa shape index (κ2) is 7.33. The van der Waals surface area contributed by atoms with Gasteiger partial charge in [0.05, 0.1) is 14.2 Å². The number of carbonyl (C=O) groups is 1. The maximum Gasteiger partial charge on any atom is 0.251 e. The highest BCUT2D eigenvalue weighted by molar-refractivity contribution is 5.94. The van der Waals surface area contributed by atoms with E-state index in [-0.39, 0.29) is 5.91 Å². The number of benzene rings is 1. The first kappa shape index (κ1) is 14.9. The Morgan fingerprint density at radius 1 is 1.29 bits per heavy atom. The Morgan fingerprint density at radius 2 is 2.10 bits per heavy atom. The van der Waals surface area contributed by atoms with Gasteiger partial charge in [-0.3, -0.25) is 9.48 Å². The fraction of sp³-hybridized carbons (Fsp3) is 0.333. The van der Waals surface area contributed by atoms with E-state index in [0.717, 1.165) is 13.0 Å². The van der Waals surface area contributed by atoms with Crippen LogP contribution in [-0.2, 0) is 6.54 Å². The lowest BCUT2D eigenvalue weighted by atomic mass is 10.2. The second-order valence-corrected chi connectivity index (χ2v) is 4.45. The molecular formula is C15H19N3O3. The number of ether oxygens (including phenoxy) is 2. The average Bonchev–Trinajstić information content (AvgIpc) is 3.04. The molecule has 0 aliphatic carbocycles. The molecule has 0 bridgehead atoms. The van der Waals surface area contributed by atoms with Crippen molar-refractivity contribution in [2.24, 2.45) is 0 Å². The number of aromatic nitrogens is 2. The molecule has 1 amide bonds. The van der Waals surface area contributed by atoms with Gasteiger partial charge in [-0.05, 0) is 30.7 Å². The third-order valence-electron chi connectivity index (χ3n) is 3.05.